The largest absolute Gasteiger partial charge is 1.00 e. The van der Waals surface area contributed by atoms with Crippen molar-refractivity contribution in [3.63, 3.8) is 0 Å². The molecule has 0 rings (SSSR count). The van der Waals surface area contributed by atoms with Gasteiger partial charge >= 0.3 is 63.4 Å². The van der Waals surface area contributed by atoms with Gasteiger partial charge in [0.1, 0.15) is 5.60 Å². The van der Waals surface area contributed by atoms with Crippen LogP contribution in [0.4, 0.5) is 4.79 Å². The van der Waals surface area contributed by atoms with Crippen LogP contribution < -0.4 is 62.4 Å². The van der Waals surface area contributed by atoms with E-state index in [0.717, 1.165) is 57.1 Å². The second kappa shape index (κ2) is 28.2. The molecule has 1 atom stereocenters. The predicted molar refractivity (Wildman–Crippen MR) is 142 cm³/mol. The fourth-order valence-corrected chi connectivity index (χ4v) is 3.42. The molecule has 0 radical (unpaired) electrons. The van der Waals surface area contributed by atoms with Gasteiger partial charge in [-0.1, -0.05) is 52.4 Å². The van der Waals surface area contributed by atoms with Gasteiger partial charge in [0.05, 0.1) is 12.5 Å². The molecule has 198 valence electrons. The van der Waals surface area contributed by atoms with Gasteiger partial charge in [-0.2, -0.15) is 7.05 Å². The first-order valence-electron chi connectivity index (χ1n) is 12.8. The van der Waals surface area contributed by atoms with Crippen molar-refractivity contribution in [3.05, 3.63) is 4.72 Å². The van der Waals surface area contributed by atoms with Crippen LogP contribution in [0.2, 0.25) is 0 Å². The summed E-state index contributed by atoms with van der Waals surface area (Å²) >= 11 is 1.58. The third-order valence-corrected chi connectivity index (χ3v) is 5.43. The van der Waals surface area contributed by atoms with Crippen molar-refractivity contribution in [1.82, 2.24) is 5.32 Å². The molecule has 34 heavy (non-hydrogen) atoms. The molecule has 0 aromatic carbocycles. The molecule has 7 nitrogen and oxygen atoms in total. The summed E-state index contributed by atoms with van der Waals surface area (Å²) < 4.78 is 14.4. The van der Waals surface area contributed by atoms with E-state index in [9.17, 15) is 9.59 Å². The normalized spacial score (nSPS) is 11.5. The molecule has 3 N–H and O–H groups in total. The van der Waals surface area contributed by atoms with E-state index in [0.29, 0.717) is 19.7 Å². The molecule has 0 aliphatic carbocycles. The number of hydrogen-bond donors (Lipinski definition) is 2. The number of nitrogens with two attached hydrogens (primary N) is 1. The number of ether oxygens (including phenoxy) is 2. The number of nitrogens with zero attached hydrogens (tertiary/aromatic N) is 1. The minimum Gasteiger partial charge on any atom is -0.609 e. The maximum atomic E-state index is 12.2. The van der Waals surface area contributed by atoms with Crippen LogP contribution in [0.3, 0.4) is 0 Å². The van der Waals surface area contributed by atoms with Gasteiger partial charge in [-0.3, -0.25) is 16.7 Å². The molecule has 0 aromatic rings. The fraction of sp³-hybridized carbons (Fsp3) is 0.920. The van der Waals surface area contributed by atoms with Crippen LogP contribution in [0, 0.1) is 5.92 Å². The quantitative estimate of drug-likeness (QED) is 0.122. The number of alkyl carbamates (subject to hydrolysis) is 1. The number of carbonyl (C=O) groups is 2. The average molecular weight is 530 g/mol. The van der Waals surface area contributed by atoms with E-state index < -0.39 is 5.60 Å². The zero-order chi connectivity index (χ0) is 25.4. The molecule has 0 saturated heterocycles. The van der Waals surface area contributed by atoms with Crippen molar-refractivity contribution in [3.8, 4) is 0 Å². The van der Waals surface area contributed by atoms with Crippen molar-refractivity contribution >= 4 is 24.0 Å². The summed E-state index contributed by atoms with van der Waals surface area (Å²) in [6.45, 7) is 11.6. The van der Waals surface area contributed by atoms with Gasteiger partial charge in [-0.05, 0) is 65.2 Å². The Balaban J connectivity index is -0.000000632. The molecule has 0 heterocycles. The van der Waals surface area contributed by atoms with Crippen LogP contribution in [-0.4, -0.2) is 50.2 Å². The first kappa shape index (κ1) is 39.2. The van der Waals surface area contributed by atoms with E-state index in [1.807, 2.05) is 27.8 Å². The number of rotatable bonds is 18. The molecular formula is C25H52KN3O4S. The molecule has 9 heteroatoms. The van der Waals surface area contributed by atoms with Gasteiger partial charge in [-0.15, -0.1) is 0 Å². The van der Waals surface area contributed by atoms with E-state index in [1.165, 1.54) is 19.3 Å². The first-order valence-corrected chi connectivity index (χ1v) is 13.7. The van der Waals surface area contributed by atoms with Gasteiger partial charge in [0.15, 0.2) is 0 Å². The van der Waals surface area contributed by atoms with Crippen molar-refractivity contribution < 1.29 is 70.4 Å². The Kier molecular flexibility index (Phi) is 32.5. The van der Waals surface area contributed by atoms with Gasteiger partial charge in [0.25, 0.3) is 0 Å². The number of nitrogens with one attached hydrogen (secondary N) is 1. The summed E-state index contributed by atoms with van der Waals surface area (Å²) in [6.07, 6.45) is 11.6. The Morgan fingerprint density at radius 2 is 1.62 bits per heavy atom. The predicted octanol–water partition coefficient (Wildman–Crippen LogP) is 3.60. The van der Waals surface area contributed by atoms with Gasteiger partial charge in [-0.25, -0.2) is 4.79 Å². The van der Waals surface area contributed by atoms with Crippen molar-refractivity contribution in [2.24, 2.45) is 11.7 Å². The summed E-state index contributed by atoms with van der Waals surface area (Å²) in [5.41, 5.74) is 4.83. The maximum Gasteiger partial charge on any atom is 1.00 e. The number of hydrogen-bond acceptors (Lipinski definition) is 6. The number of esters is 1. The van der Waals surface area contributed by atoms with Crippen LogP contribution in [0.25, 0.3) is 4.72 Å². The van der Waals surface area contributed by atoms with Crippen LogP contribution in [0.1, 0.15) is 105 Å². The van der Waals surface area contributed by atoms with Crippen molar-refractivity contribution in [2.75, 3.05) is 32.5 Å². The van der Waals surface area contributed by atoms with Gasteiger partial charge < -0.3 is 25.2 Å². The van der Waals surface area contributed by atoms with E-state index >= 15 is 0 Å². The molecule has 0 aliphatic rings. The van der Waals surface area contributed by atoms with E-state index in [4.69, 9.17) is 15.2 Å². The first-order chi connectivity index (χ1) is 15.7. The van der Waals surface area contributed by atoms with Crippen molar-refractivity contribution in [2.45, 2.75) is 111 Å². The topological polar surface area (TPSA) is 105 Å². The second-order valence-corrected chi connectivity index (χ2v) is 10.2. The summed E-state index contributed by atoms with van der Waals surface area (Å²) in [7, 11) is 1.81. The van der Waals surface area contributed by atoms with Crippen molar-refractivity contribution in [1.29, 1.82) is 0 Å². The fourth-order valence-electron chi connectivity index (χ4n) is 2.91. The van der Waals surface area contributed by atoms with Crippen LogP contribution in [-0.2, 0) is 14.3 Å². The Labute approximate surface area is 257 Å². The third kappa shape index (κ3) is 30.7. The molecule has 0 aliphatic heterocycles. The molecule has 0 aromatic heterocycles. The smallest absolute Gasteiger partial charge is 0.609 e. The van der Waals surface area contributed by atoms with Crippen LogP contribution in [0.15, 0.2) is 0 Å². The zero-order valence-corrected chi connectivity index (χ0v) is 27.2. The summed E-state index contributed by atoms with van der Waals surface area (Å²) in [6, 6.07) is 0. The molecular weight excluding hydrogens is 477 g/mol. The second-order valence-electron chi connectivity index (χ2n) is 9.15. The molecule has 0 saturated carbocycles. The Bertz CT molecular complexity index is 466. The summed E-state index contributed by atoms with van der Waals surface area (Å²) in [5, 5.41) is 2.60. The Morgan fingerprint density at radius 1 is 0.971 bits per heavy atom. The molecule has 0 bridgehead atoms. The Morgan fingerprint density at radius 3 is 2.18 bits per heavy atom. The summed E-state index contributed by atoms with van der Waals surface area (Å²) in [4.78, 5) is 23.1. The summed E-state index contributed by atoms with van der Waals surface area (Å²) in [5.74, 6) is 1.18. The van der Waals surface area contributed by atoms with E-state index in [-0.39, 0.29) is 69.4 Å². The average Bonchev–Trinajstić information content (AvgIpc) is 2.75. The van der Waals surface area contributed by atoms with Gasteiger partial charge in [0, 0.05) is 6.54 Å². The van der Waals surface area contributed by atoms with Crippen LogP contribution in [0.5, 0.6) is 0 Å². The number of amides is 1. The monoisotopic (exact) mass is 529 g/mol. The number of unbranched alkanes of at least 4 members (excludes halogenated alkanes) is 5. The van der Waals surface area contributed by atoms with E-state index in [1.54, 1.807) is 11.9 Å². The molecule has 1 unspecified atom stereocenters. The standard InChI is InChI=1S/C17H34NO2S.C8H18N2O2.K/c1-4-6-8-9-13-16(12-7-5-2)17(19)20-14-10-11-15-21-18-3;1-8(2,3)12-7(11)10-6-4-5-9;/h16H,4-15H2,1-3H3;4-6,9H2,1-3H3,(H,10,11);/q-1;;+1. The minimum absolute atomic E-state index is 0. The van der Waals surface area contributed by atoms with Crippen LogP contribution >= 0.6 is 11.9 Å². The molecule has 1 amide bonds. The Hall–Kier alpha value is 0.646. The third-order valence-electron chi connectivity index (χ3n) is 4.70. The number of carbonyl (C=O) groups excluding carboxylic acids is 2. The zero-order valence-electron chi connectivity index (χ0n) is 23.2. The minimum atomic E-state index is -0.424. The molecule has 0 spiro atoms. The SMILES string of the molecule is CC(C)(C)OC(=O)NCCCN.CCCCCCC(CCCC)C(=O)OCCCCS[N-]C.[K+]. The van der Waals surface area contributed by atoms with Gasteiger partial charge in [0.2, 0.25) is 0 Å². The maximum absolute atomic E-state index is 12.2. The van der Waals surface area contributed by atoms with E-state index in [2.05, 4.69) is 23.9 Å². The molecule has 0 fully saturated rings.